The Labute approximate surface area is 311 Å². The highest BCUT2D eigenvalue weighted by atomic mass is 32.2. The Morgan fingerprint density at radius 1 is 0.755 bits per heavy atom. The van der Waals surface area contributed by atoms with Gasteiger partial charge in [-0.25, -0.2) is 4.68 Å². The molecule has 6 rings (SSSR count). The molecule has 0 radical (unpaired) electrons. The lowest BCUT2D eigenvalue weighted by Crippen LogP contribution is -2.30. The molecule has 0 aliphatic carbocycles. The SMILES string of the molecule is Cc1c(NC(=O)CSc2ccc(NC(=O)/C(=C/c3ccc(OCc4ccccc4)cc3)NC(=O)c3ccccc3)cc2)c(=O)n(-c2ccccc2)n1C. The summed E-state index contributed by atoms with van der Waals surface area (Å²) in [6.45, 7) is 2.20. The van der Waals surface area contributed by atoms with Gasteiger partial charge in [-0.05, 0) is 84.8 Å². The molecule has 11 heteroatoms. The summed E-state index contributed by atoms with van der Waals surface area (Å²) in [6, 6.07) is 41.9. The van der Waals surface area contributed by atoms with Crippen LogP contribution in [-0.2, 0) is 23.2 Å². The van der Waals surface area contributed by atoms with Crippen molar-refractivity contribution in [2.75, 3.05) is 16.4 Å². The van der Waals surface area contributed by atoms with Crippen molar-refractivity contribution in [2.24, 2.45) is 7.05 Å². The van der Waals surface area contributed by atoms with E-state index in [0.29, 0.717) is 40.6 Å². The molecule has 3 N–H and O–H groups in total. The van der Waals surface area contributed by atoms with E-state index in [9.17, 15) is 19.2 Å². The van der Waals surface area contributed by atoms with E-state index in [0.717, 1.165) is 10.5 Å². The van der Waals surface area contributed by atoms with Crippen LogP contribution in [0, 0.1) is 6.92 Å². The molecule has 0 saturated carbocycles. The maximum Gasteiger partial charge on any atom is 0.295 e. The van der Waals surface area contributed by atoms with Gasteiger partial charge in [0.25, 0.3) is 17.4 Å². The number of rotatable bonds is 13. The molecule has 5 aromatic carbocycles. The number of nitrogens with one attached hydrogen (secondary N) is 3. The molecule has 6 aromatic rings. The average molecular weight is 724 g/mol. The quantitative estimate of drug-likeness (QED) is 0.0856. The van der Waals surface area contributed by atoms with Gasteiger partial charge in [0.2, 0.25) is 5.91 Å². The molecule has 0 spiro atoms. The summed E-state index contributed by atoms with van der Waals surface area (Å²) in [5.41, 5.74) is 3.94. The molecule has 3 amide bonds. The number of para-hydroxylation sites is 1. The maximum atomic E-state index is 13.5. The van der Waals surface area contributed by atoms with E-state index >= 15 is 0 Å². The zero-order chi connectivity index (χ0) is 37.2. The third-order valence-electron chi connectivity index (χ3n) is 8.27. The van der Waals surface area contributed by atoms with Crippen molar-refractivity contribution in [1.82, 2.24) is 14.7 Å². The number of aromatic nitrogens is 2. The Bertz CT molecular complexity index is 2280. The summed E-state index contributed by atoms with van der Waals surface area (Å²) in [5, 5.41) is 8.38. The Morgan fingerprint density at radius 2 is 1.38 bits per heavy atom. The minimum absolute atomic E-state index is 0.0504. The van der Waals surface area contributed by atoms with Crippen LogP contribution in [0.3, 0.4) is 0 Å². The molecule has 0 unspecified atom stereocenters. The number of ether oxygens (including phenoxy) is 1. The third-order valence-corrected chi connectivity index (χ3v) is 9.28. The first kappa shape index (κ1) is 36.2. The van der Waals surface area contributed by atoms with Crippen LogP contribution in [0.4, 0.5) is 11.4 Å². The lowest BCUT2D eigenvalue weighted by Gasteiger charge is -2.12. The number of nitrogens with zero attached hydrogens (tertiary/aromatic N) is 2. The molecule has 0 bridgehead atoms. The summed E-state index contributed by atoms with van der Waals surface area (Å²) in [5.74, 6) is -0.526. The zero-order valence-electron chi connectivity index (χ0n) is 29.1. The van der Waals surface area contributed by atoms with Crippen LogP contribution in [0.2, 0.25) is 0 Å². The van der Waals surface area contributed by atoms with Crippen LogP contribution < -0.4 is 26.2 Å². The summed E-state index contributed by atoms with van der Waals surface area (Å²) in [6.07, 6.45) is 1.60. The molecule has 0 aliphatic rings. The number of anilines is 2. The van der Waals surface area contributed by atoms with Crippen molar-refractivity contribution in [3.05, 3.63) is 178 Å². The number of amides is 3. The van der Waals surface area contributed by atoms with Crippen LogP contribution in [-0.4, -0.2) is 32.8 Å². The Balaban J connectivity index is 1.09. The molecule has 53 heavy (non-hydrogen) atoms. The largest absolute Gasteiger partial charge is 0.489 e. The predicted molar refractivity (Wildman–Crippen MR) is 209 cm³/mol. The van der Waals surface area contributed by atoms with Crippen LogP contribution in [0.25, 0.3) is 11.8 Å². The lowest BCUT2D eigenvalue weighted by molar-refractivity contribution is -0.114. The molecule has 0 fully saturated rings. The molecule has 1 heterocycles. The molecule has 10 nitrogen and oxygen atoms in total. The standard InChI is InChI=1S/C42H37N5O5S/c1-29-39(42(51)47(46(29)2)34-16-10-5-11-17-34)45-38(48)28-53-36-24-20-33(21-25-36)43-41(50)37(44-40(49)32-14-8-4-9-15-32)26-30-18-22-35(23-19-30)52-27-31-12-6-3-7-13-31/h3-26H,27-28H2,1-2H3,(H,43,50)(H,44,49)(H,45,48)/b37-26-. The van der Waals surface area contributed by atoms with E-state index in [1.165, 1.54) is 16.4 Å². The van der Waals surface area contributed by atoms with Gasteiger partial charge in [-0.15, -0.1) is 11.8 Å². The van der Waals surface area contributed by atoms with Gasteiger partial charge in [0.1, 0.15) is 23.7 Å². The molecular weight excluding hydrogens is 687 g/mol. The highest BCUT2D eigenvalue weighted by Crippen LogP contribution is 2.22. The van der Waals surface area contributed by atoms with Crippen molar-refractivity contribution in [3.63, 3.8) is 0 Å². The Kier molecular flexibility index (Phi) is 11.7. The van der Waals surface area contributed by atoms with Gasteiger partial charge in [0.05, 0.1) is 17.1 Å². The van der Waals surface area contributed by atoms with Crippen molar-refractivity contribution in [1.29, 1.82) is 0 Å². The minimum Gasteiger partial charge on any atom is -0.489 e. The van der Waals surface area contributed by atoms with Crippen molar-refractivity contribution >= 4 is 46.9 Å². The third kappa shape index (κ3) is 9.40. The van der Waals surface area contributed by atoms with Crippen molar-refractivity contribution in [2.45, 2.75) is 18.4 Å². The predicted octanol–water partition coefficient (Wildman–Crippen LogP) is 7.20. The second-order valence-corrected chi connectivity index (χ2v) is 13.0. The fraction of sp³-hybridized carbons (Fsp3) is 0.0952. The van der Waals surface area contributed by atoms with Gasteiger partial charge in [-0.2, -0.15) is 0 Å². The molecular formula is C42H37N5O5S. The summed E-state index contributed by atoms with van der Waals surface area (Å²) in [4.78, 5) is 53.5. The van der Waals surface area contributed by atoms with Crippen LogP contribution in [0.1, 0.15) is 27.2 Å². The first-order valence-electron chi connectivity index (χ1n) is 16.8. The number of carbonyl (C=O) groups excluding carboxylic acids is 3. The second kappa shape index (κ2) is 17.1. The number of hydrogen-bond donors (Lipinski definition) is 3. The number of thioether (sulfide) groups is 1. The molecule has 0 atom stereocenters. The summed E-state index contributed by atoms with van der Waals surface area (Å²) < 4.78 is 9.11. The smallest absolute Gasteiger partial charge is 0.295 e. The highest BCUT2D eigenvalue weighted by Gasteiger charge is 2.19. The second-order valence-electron chi connectivity index (χ2n) is 12.0. The fourth-order valence-electron chi connectivity index (χ4n) is 5.38. The highest BCUT2D eigenvalue weighted by molar-refractivity contribution is 8.00. The zero-order valence-corrected chi connectivity index (χ0v) is 29.9. The van der Waals surface area contributed by atoms with Crippen LogP contribution >= 0.6 is 11.8 Å². The van der Waals surface area contributed by atoms with Crippen molar-refractivity contribution in [3.8, 4) is 11.4 Å². The van der Waals surface area contributed by atoms with E-state index in [4.69, 9.17) is 4.74 Å². The maximum absolute atomic E-state index is 13.5. The van der Waals surface area contributed by atoms with Crippen LogP contribution in [0.5, 0.6) is 5.75 Å². The van der Waals surface area contributed by atoms with Crippen LogP contribution in [0.15, 0.2) is 155 Å². The number of carbonyl (C=O) groups is 3. The Hall–Kier alpha value is -6.59. The molecule has 0 saturated heterocycles. The summed E-state index contributed by atoms with van der Waals surface area (Å²) >= 11 is 1.29. The topological polar surface area (TPSA) is 123 Å². The number of benzene rings is 5. The lowest BCUT2D eigenvalue weighted by atomic mass is 10.1. The minimum atomic E-state index is -0.516. The summed E-state index contributed by atoms with van der Waals surface area (Å²) in [7, 11) is 1.77. The van der Waals surface area contributed by atoms with E-state index in [1.54, 1.807) is 73.3 Å². The van der Waals surface area contributed by atoms with E-state index in [2.05, 4.69) is 16.0 Å². The van der Waals surface area contributed by atoms with Gasteiger partial charge in [0.15, 0.2) is 0 Å². The van der Waals surface area contributed by atoms with Gasteiger partial charge in [-0.1, -0.05) is 78.9 Å². The molecule has 1 aromatic heterocycles. The van der Waals surface area contributed by atoms with Crippen molar-refractivity contribution < 1.29 is 19.1 Å². The normalized spacial score (nSPS) is 11.1. The molecule has 266 valence electrons. The first-order valence-corrected chi connectivity index (χ1v) is 17.8. The van der Waals surface area contributed by atoms with E-state index < -0.39 is 11.8 Å². The average Bonchev–Trinajstić information content (AvgIpc) is 3.40. The van der Waals surface area contributed by atoms with E-state index in [1.807, 2.05) is 91.0 Å². The Morgan fingerprint density at radius 3 is 2.04 bits per heavy atom. The first-order chi connectivity index (χ1) is 25.7. The number of hydrogen-bond acceptors (Lipinski definition) is 6. The van der Waals surface area contributed by atoms with Gasteiger partial charge < -0.3 is 20.7 Å². The van der Waals surface area contributed by atoms with Gasteiger partial charge in [0, 0.05) is 23.2 Å². The van der Waals surface area contributed by atoms with Gasteiger partial charge in [-0.3, -0.25) is 23.9 Å². The fourth-order valence-corrected chi connectivity index (χ4v) is 6.08. The van der Waals surface area contributed by atoms with Gasteiger partial charge >= 0.3 is 0 Å². The molecule has 0 aliphatic heterocycles. The monoisotopic (exact) mass is 723 g/mol. The van der Waals surface area contributed by atoms with E-state index in [-0.39, 0.29) is 28.6 Å².